The first-order chi connectivity index (χ1) is 9.94. The van der Waals surface area contributed by atoms with E-state index in [1.807, 2.05) is 31.2 Å². The lowest BCUT2D eigenvalue weighted by Gasteiger charge is -2.08. The van der Waals surface area contributed by atoms with Crippen molar-refractivity contribution in [3.63, 3.8) is 0 Å². The van der Waals surface area contributed by atoms with Crippen molar-refractivity contribution in [3.05, 3.63) is 59.7 Å². The normalized spacial score (nSPS) is 11.3. The second-order valence-electron chi connectivity index (χ2n) is 5.00. The van der Waals surface area contributed by atoms with Crippen LogP contribution in [0.25, 0.3) is 0 Å². The zero-order chi connectivity index (χ0) is 15.3. The number of rotatable bonds is 6. The van der Waals surface area contributed by atoms with Gasteiger partial charge >= 0.3 is 0 Å². The summed E-state index contributed by atoms with van der Waals surface area (Å²) in [4.78, 5) is 0. The lowest BCUT2D eigenvalue weighted by molar-refractivity contribution is 0.341. The lowest BCUT2D eigenvalue weighted by atomic mass is 10.2. The van der Waals surface area contributed by atoms with E-state index < -0.39 is 9.84 Å². The van der Waals surface area contributed by atoms with E-state index in [4.69, 9.17) is 10.5 Å². The first-order valence-electron chi connectivity index (χ1n) is 6.69. The van der Waals surface area contributed by atoms with E-state index in [1.165, 1.54) is 0 Å². The molecule has 0 unspecified atom stereocenters. The molecule has 0 amide bonds. The van der Waals surface area contributed by atoms with Gasteiger partial charge in [0.25, 0.3) is 0 Å². The first kappa shape index (κ1) is 15.4. The Labute approximate surface area is 125 Å². The fraction of sp³-hybridized carbons (Fsp3) is 0.250. The van der Waals surface area contributed by atoms with Gasteiger partial charge in [-0.25, -0.2) is 8.42 Å². The minimum absolute atomic E-state index is 0.00861. The van der Waals surface area contributed by atoms with Gasteiger partial charge in [-0.1, -0.05) is 29.8 Å². The number of hydrogen-bond donors (Lipinski definition) is 1. The molecular weight excluding hydrogens is 286 g/mol. The first-order valence-corrected chi connectivity index (χ1v) is 8.51. The molecule has 4 nitrogen and oxygen atoms in total. The van der Waals surface area contributed by atoms with Crippen LogP contribution in [-0.2, 0) is 15.6 Å². The van der Waals surface area contributed by atoms with Crippen LogP contribution in [0.4, 0.5) is 5.69 Å². The van der Waals surface area contributed by atoms with Crippen molar-refractivity contribution in [1.29, 1.82) is 0 Å². The van der Waals surface area contributed by atoms with Crippen LogP contribution >= 0.6 is 0 Å². The number of hydrogen-bond acceptors (Lipinski definition) is 4. The predicted molar refractivity (Wildman–Crippen MR) is 85.0 cm³/mol. The molecule has 0 spiro atoms. The highest BCUT2D eigenvalue weighted by molar-refractivity contribution is 7.90. The number of nitrogen functional groups attached to an aromatic ring is 1. The van der Waals surface area contributed by atoms with Gasteiger partial charge in [-0.2, -0.15) is 0 Å². The summed E-state index contributed by atoms with van der Waals surface area (Å²) < 4.78 is 29.5. The van der Waals surface area contributed by atoms with E-state index >= 15 is 0 Å². The smallest absolute Gasteiger partial charge is 0.157 e. The summed E-state index contributed by atoms with van der Waals surface area (Å²) in [6.45, 7) is 2.08. The number of sulfone groups is 1. The zero-order valence-electron chi connectivity index (χ0n) is 12.0. The van der Waals surface area contributed by atoms with Crippen LogP contribution < -0.4 is 10.5 Å². The van der Waals surface area contributed by atoms with Crippen molar-refractivity contribution in [3.8, 4) is 5.75 Å². The summed E-state index contributed by atoms with van der Waals surface area (Å²) in [6.07, 6.45) is 0. The van der Waals surface area contributed by atoms with Crippen LogP contribution in [0.2, 0.25) is 0 Å². The SMILES string of the molecule is Cc1cccc(CS(=O)(=O)CCOc2ccc(N)cc2)c1. The van der Waals surface area contributed by atoms with Crippen molar-refractivity contribution < 1.29 is 13.2 Å². The van der Waals surface area contributed by atoms with Gasteiger partial charge in [0.1, 0.15) is 12.4 Å². The fourth-order valence-corrected chi connectivity index (χ4v) is 3.15. The van der Waals surface area contributed by atoms with Gasteiger partial charge in [0, 0.05) is 5.69 Å². The van der Waals surface area contributed by atoms with Crippen LogP contribution in [0, 0.1) is 6.92 Å². The third-order valence-electron chi connectivity index (χ3n) is 3.01. The fourth-order valence-electron chi connectivity index (χ4n) is 1.98. The minimum Gasteiger partial charge on any atom is -0.493 e. The molecular formula is C16H19NO3S. The molecule has 0 fully saturated rings. The molecule has 0 aliphatic heterocycles. The summed E-state index contributed by atoms with van der Waals surface area (Å²) in [6, 6.07) is 14.4. The largest absolute Gasteiger partial charge is 0.493 e. The minimum atomic E-state index is -3.18. The van der Waals surface area contributed by atoms with Crippen LogP contribution in [0.5, 0.6) is 5.75 Å². The Hall–Kier alpha value is -2.01. The van der Waals surface area contributed by atoms with E-state index in [-0.39, 0.29) is 18.1 Å². The molecule has 2 aromatic carbocycles. The Morgan fingerprint density at radius 3 is 2.48 bits per heavy atom. The third kappa shape index (κ3) is 5.11. The molecule has 0 saturated carbocycles. The molecule has 2 aromatic rings. The van der Waals surface area contributed by atoms with Crippen LogP contribution in [0.3, 0.4) is 0 Å². The summed E-state index contributed by atoms with van der Waals surface area (Å²) in [5, 5.41) is 0. The molecule has 5 heteroatoms. The summed E-state index contributed by atoms with van der Waals surface area (Å²) in [5.41, 5.74) is 8.08. The molecule has 0 bridgehead atoms. The van der Waals surface area contributed by atoms with Gasteiger partial charge in [-0.3, -0.25) is 0 Å². The maximum atomic E-state index is 12.1. The Bertz CT molecular complexity index is 694. The summed E-state index contributed by atoms with van der Waals surface area (Å²) >= 11 is 0. The Morgan fingerprint density at radius 1 is 1.10 bits per heavy atom. The highest BCUT2D eigenvalue weighted by Crippen LogP contribution is 2.14. The van der Waals surface area contributed by atoms with E-state index in [0.29, 0.717) is 11.4 Å². The second kappa shape index (κ2) is 6.63. The number of aryl methyl sites for hydroxylation is 1. The summed E-state index contributed by atoms with van der Waals surface area (Å²) in [5.74, 6) is 0.653. The van der Waals surface area contributed by atoms with Gasteiger partial charge in [-0.05, 0) is 36.8 Å². The molecule has 0 saturated heterocycles. The van der Waals surface area contributed by atoms with Crippen LogP contribution in [0.15, 0.2) is 48.5 Å². The van der Waals surface area contributed by atoms with E-state index in [2.05, 4.69) is 0 Å². The molecule has 0 aliphatic rings. The number of anilines is 1. The molecule has 0 radical (unpaired) electrons. The van der Waals surface area contributed by atoms with Gasteiger partial charge in [-0.15, -0.1) is 0 Å². The quantitative estimate of drug-likeness (QED) is 0.833. The monoisotopic (exact) mass is 305 g/mol. The van der Waals surface area contributed by atoms with Crippen LogP contribution in [-0.4, -0.2) is 20.8 Å². The zero-order valence-corrected chi connectivity index (χ0v) is 12.8. The second-order valence-corrected chi connectivity index (χ2v) is 7.18. The van der Waals surface area contributed by atoms with E-state index in [1.54, 1.807) is 24.3 Å². The Kier molecular flexibility index (Phi) is 4.85. The number of nitrogens with two attached hydrogens (primary N) is 1. The van der Waals surface area contributed by atoms with Crippen molar-refractivity contribution >= 4 is 15.5 Å². The molecule has 2 rings (SSSR count). The molecule has 2 N–H and O–H groups in total. The Balaban J connectivity index is 1.88. The highest BCUT2D eigenvalue weighted by atomic mass is 32.2. The van der Waals surface area contributed by atoms with Crippen molar-refractivity contribution in [2.45, 2.75) is 12.7 Å². The predicted octanol–water partition coefficient (Wildman–Crippen LogP) is 2.57. The molecule has 112 valence electrons. The number of ether oxygens (including phenoxy) is 1. The van der Waals surface area contributed by atoms with E-state index in [9.17, 15) is 8.42 Å². The summed E-state index contributed by atoms with van der Waals surface area (Å²) in [7, 11) is -3.18. The highest BCUT2D eigenvalue weighted by Gasteiger charge is 2.12. The maximum absolute atomic E-state index is 12.1. The van der Waals surface area contributed by atoms with Crippen LogP contribution in [0.1, 0.15) is 11.1 Å². The van der Waals surface area contributed by atoms with Crippen molar-refractivity contribution in [2.75, 3.05) is 18.1 Å². The topological polar surface area (TPSA) is 69.4 Å². The van der Waals surface area contributed by atoms with Crippen molar-refractivity contribution in [1.82, 2.24) is 0 Å². The molecule has 0 aromatic heterocycles. The van der Waals surface area contributed by atoms with Gasteiger partial charge in [0.15, 0.2) is 9.84 Å². The molecule has 0 atom stereocenters. The third-order valence-corrected chi connectivity index (χ3v) is 4.57. The molecule has 21 heavy (non-hydrogen) atoms. The lowest BCUT2D eigenvalue weighted by Crippen LogP contribution is -2.16. The van der Waals surface area contributed by atoms with E-state index in [0.717, 1.165) is 11.1 Å². The van der Waals surface area contributed by atoms with Gasteiger partial charge in [0.2, 0.25) is 0 Å². The van der Waals surface area contributed by atoms with Gasteiger partial charge in [0.05, 0.1) is 11.5 Å². The standard InChI is InChI=1S/C16H19NO3S/c1-13-3-2-4-14(11-13)12-21(18,19)10-9-20-16-7-5-15(17)6-8-16/h2-8,11H,9-10,12,17H2,1H3. The number of benzene rings is 2. The molecule has 0 aliphatic carbocycles. The molecule has 0 heterocycles. The maximum Gasteiger partial charge on any atom is 0.157 e. The average Bonchev–Trinajstić information content (AvgIpc) is 2.40. The van der Waals surface area contributed by atoms with Crippen molar-refractivity contribution in [2.24, 2.45) is 0 Å². The average molecular weight is 305 g/mol. The Morgan fingerprint density at radius 2 is 1.81 bits per heavy atom. The van der Waals surface area contributed by atoms with Gasteiger partial charge < -0.3 is 10.5 Å².